The van der Waals surface area contributed by atoms with Crippen LogP contribution in [-0.4, -0.2) is 36.0 Å². The number of esters is 2. The molecule has 8 heteroatoms. The number of H-pyrrole nitrogens is 1. The zero-order valence-corrected chi connectivity index (χ0v) is 11.0. The third-order valence-electron chi connectivity index (χ3n) is 2.28. The van der Waals surface area contributed by atoms with Crippen molar-refractivity contribution in [2.75, 3.05) is 13.2 Å². The van der Waals surface area contributed by atoms with Crippen molar-refractivity contribution in [2.24, 2.45) is 5.73 Å². The minimum absolute atomic E-state index is 0.0563. The van der Waals surface area contributed by atoms with Gasteiger partial charge in [-0.25, -0.2) is 9.59 Å². The number of amides is 1. The van der Waals surface area contributed by atoms with Crippen LogP contribution in [0, 0.1) is 0 Å². The Labute approximate surface area is 113 Å². The number of pyridine rings is 1. The fourth-order valence-electron chi connectivity index (χ4n) is 1.45. The molecule has 1 amide bonds. The minimum Gasteiger partial charge on any atom is -0.462 e. The molecule has 0 saturated carbocycles. The van der Waals surface area contributed by atoms with Gasteiger partial charge in [0.25, 0.3) is 11.5 Å². The molecule has 0 radical (unpaired) electrons. The number of primary amides is 1. The number of carbonyl (C=O) groups excluding carboxylic acids is 3. The summed E-state index contributed by atoms with van der Waals surface area (Å²) in [5, 5.41) is 0. The Balaban J connectivity index is 3.45. The first kappa shape index (κ1) is 15.4. The fourth-order valence-corrected chi connectivity index (χ4v) is 1.45. The molecule has 0 aliphatic rings. The van der Waals surface area contributed by atoms with Gasteiger partial charge in [-0.2, -0.15) is 0 Å². The van der Waals surface area contributed by atoms with Crippen LogP contribution < -0.4 is 11.3 Å². The predicted molar refractivity (Wildman–Crippen MR) is 67.5 cm³/mol. The average Bonchev–Trinajstić information content (AvgIpc) is 2.38. The van der Waals surface area contributed by atoms with Crippen molar-refractivity contribution in [1.82, 2.24) is 4.98 Å². The first-order valence-corrected chi connectivity index (χ1v) is 5.83. The molecule has 20 heavy (non-hydrogen) atoms. The molecule has 0 bridgehead atoms. The number of carbonyl (C=O) groups is 3. The summed E-state index contributed by atoms with van der Waals surface area (Å²) in [6.45, 7) is 3.26. The first-order chi connectivity index (χ1) is 9.42. The van der Waals surface area contributed by atoms with E-state index in [2.05, 4.69) is 4.98 Å². The van der Waals surface area contributed by atoms with E-state index in [1.165, 1.54) is 0 Å². The van der Waals surface area contributed by atoms with Gasteiger partial charge in [0.05, 0.1) is 18.8 Å². The Kier molecular flexibility index (Phi) is 5.01. The van der Waals surface area contributed by atoms with Crippen LogP contribution in [0.1, 0.15) is 45.1 Å². The van der Waals surface area contributed by atoms with Gasteiger partial charge in [-0.15, -0.1) is 0 Å². The maximum absolute atomic E-state index is 11.8. The second-order valence-electron chi connectivity index (χ2n) is 3.61. The summed E-state index contributed by atoms with van der Waals surface area (Å²) in [6, 6.07) is 0.922. The summed E-state index contributed by atoms with van der Waals surface area (Å²) in [4.78, 5) is 48.3. The molecular weight excluding hydrogens is 268 g/mol. The molecular formula is C12H14N2O6. The van der Waals surface area contributed by atoms with Crippen molar-refractivity contribution < 1.29 is 23.9 Å². The molecule has 1 aromatic rings. The SMILES string of the molecule is CCOC(=O)c1cc(C(N)=O)c(=O)[nH]c1C(=O)OCC. The number of nitrogens with one attached hydrogen (secondary N) is 1. The highest BCUT2D eigenvalue weighted by atomic mass is 16.5. The number of ether oxygens (including phenoxy) is 2. The third kappa shape index (κ3) is 3.22. The van der Waals surface area contributed by atoms with Gasteiger partial charge < -0.3 is 20.2 Å². The van der Waals surface area contributed by atoms with Crippen molar-refractivity contribution in [3.8, 4) is 0 Å². The lowest BCUT2D eigenvalue weighted by Crippen LogP contribution is -2.28. The number of aromatic amines is 1. The van der Waals surface area contributed by atoms with E-state index in [4.69, 9.17) is 15.2 Å². The monoisotopic (exact) mass is 282 g/mol. The summed E-state index contributed by atoms with van der Waals surface area (Å²) in [7, 11) is 0. The van der Waals surface area contributed by atoms with Crippen LogP contribution in [0.5, 0.6) is 0 Å². The molecule has 0 aliphatic heterocycles. The number of hydrogen-bond donors (Lipinski definition) is 2. The van der Waals surface area contributed by atoms with Gasteiger partial charge in [0.2, 0.25) is 0 Å². The summed E-state index contributed by atoms with van der Waals surface area (Å²) in [5.41, 5.74) is 3.04. The van der Waals surface area contributed by atoms with Gasteiger partial charge in [0, 0.05) is 0 Å². The molecule has 0 aromatic carbocycles. The topological polar surface area (TPSA) is 129 Å². The molecule has 8 nitrogen and oxygen atoms in total. The molecule has 1 heterocycles. The first-order valence-electron chi connectivity index (χ1n) is 5.83. The van der Waals surface area contributed by atoms with Crippen molar-refractivity contribution in [3.05, 3.63) is 33.2 Å². The molecule has 0 saturated heterocycles. The minimum atomic E-state index is -1.02. The Hall–Kier alpha value is -2.64. The Morgan fingerprint density at radius 1 is 1.10 bits per heavy atom. The molecule has 1 rings (SSSR count). The van der Waals surface area contributed by atoms with Crippen LogP contribution >= 0.6 is 0 Å². The van der Waals surface area contributed by atoms with E-state index in [1.54, 1.807) is 13.8 Å². The van der Waals surface area contributed by atoms with Gasteiger partial charge >= 0.3 is 11.9 Å². The molecule has 3 N–H and O–H groups in total. The van der Waals surface area contributed by atoms with Crippen LogP contribution in [0.25, 0.3) is 0 Å². The van der Waals surface area contributed by atoms with Crippen molar-refractivity contribution in [3.63, 3.8) is 0 Å². The van der Waals surface area contributed by atoms with E-state index in [0.717, 1.165) is 6.07 Å². The number of aromatic nitrogens is 1. The van der Waals surface area contributed by atoms with E-state index < -0.39 is 29.0 Å². The van der Waals surface area contributed by atoms with Crippen LogP contribution in [0.3, 0.4) is 0 Å². The van der Waals surface area contributed by atoms with Crippen molar-refractivity contribution in [2.45, 2.75) is 13.8 Å². The highest BCUT2D eigenvalue weighted by molar-refractivity contribution is 6.04. The van der Waals surface area contributed by atoms with E-state index >= 15 is 0 Å². The second-order valence-corrected chi connectivity index (χ2v) is 3.61. The normalized spacial score (nSPS) is 9.90. The molecule has 0 atom stereocenters. The summed E-state index contributed by atoms with van der Waals surface area (Å²) in [6.07, 6.45) is 0. The van der Waals surface area contributed by atoms with Gasteiger partial charge in [0.15, 0.2) is 0 Å². The van der Waals surface area contributed by atoms with Gasteiger partial charge in [0.1, 0.15) is 11.3 Å². The number of nitrogens with two attached hydrogens (primary N) is 1. The van der Waals surface area contributed by atoms with E-state index in [-0.39, 0.29) is 24.5 Å². The Bertz CT molecular complexity index is 604. The lowest BCUT2D eigenvalue weighted by molar-refractivity contribution is 0.0472. The summed E-state index contributed by atoms with van der Waals surface area (Å²) >= 11 is 0. The van der Waals surface area contributed by atoms with Gasteiger partial charge in [-0.1, -0.05) is 0 Å². The molecule has 0 aliphatic carbocycles. The maximum Gasteiger partial charge on any atom is 0.355 e. The molecule has 108 valence electrons. The Morgan fingerprint density at radius 3 is 2.15 bits per heavy atom. The fraction of sp³-hybridized carbons (Fsp3) is 0.333. The number of hydrogen-bond acceptors (Lipinski definition) is 6. The molecule has 1 aromatic heterocycles. The second kappa shape index (κ2) is 6.50. The molecule has 0 spiro atoms. The largest absolute Gasteiger partial charge is 0.462 e. The van der Waals surface area contributed by atoms with Crippen LogP contribution in [0.15, 0.2) is 10.9 Å². The average molecular weight is 282 g/mol. The smallest absolute Gasteiger partial charge is 0.355 e. The van der Waals surface area contributed by atoms with Crippen LogP contribution in [-0.2, 0) is 9.47 Å². The van der Waals surface area contributed by atoms with Crippen molar-refractivity contribution in [1.29, 1.82) is 0 Å². The highest BCUT2D eigenvalue weighted by Crippen LogP contribution is 2.10. The Morgan fingerprint density at radius 2 is 1.65 bits per heavy atom. The van der Waals surface area contributed by atoms with Gasteiger partial charge in [-0.05, 0) is 19.9 Å². The highest BCUT2D eigenvalue weighted by Gasteiger charge is 2.23. The van der Waals surface area contributed by atoms with E-state index in [9.17, 15) is 19.2 Å². The van der Waals surface area contributed by atoms with E-state index in [0.29, 0.717) is 0 Å². The zero-order valence-electron chi connectivity index (χ0n) is 11.0. The van der Waals surface area contributed by atoms with Crippen LogP contribution in [0.2, 0.25) is 0 Å². The standard InChI is InChI=1S/C12H14N2O6/c1-3-19-11(17)6-5-7(9(13)15)10(16)14-8(6)12(18)20-4-2/h5H,3-4H2,1-2H3,(H2,13,15)(H,14,16). The maximum atomic E-state index is 11.8. The lowest BCUT2D eigenvalue weighted by Gasteiger charge is -2.09. The summed E-state index contributed by atoms with van der Waals surface area (Å²) < 4.78 is 9.47. The predicted octanol–water partition coefficient (Wildman–Crippen LogP) is -0.173. The zero-order chi connectivity index (χ0) is 15.3. The molecule has 0 unspecified atom stereocenters. The number of rotatable bonds is 5. The third-order valence-corrected chi connectivity index (χ3v) is 2.28. The van der Waals surface area contributed by atoms with E-state index in [1.807, 2.05) is 0 Å². The molecule has 0 fully saturated rings. The lowest BCUT2D eigenvalue weighted by atomic mass is 10.1. The van der Waals surface area contributed by atoms with Crippen LogP contribution in [0.4, 0.5) is 0 Å². The van der Waals surface area contributed by atoms with Crippen molar-refractivity contribution >= 4 is 17.8 Å². The van der Waals surface area contributed by atoms with Gasteiger partial charge in [-0.3, -0.25) is 9.59 Å². The summed E-state index contributed by atoms with van der Waals surface area (Å²) in [5.74, 6) is -2.79. The quantitative estimate of drug-likeness (QED) is 0.721.